The number of fused-ring (bicyclic) bond motifs is 1. The summed E-state index contributed by atoms with van der Waals surface area (Å²) in [6, 6.07) is 2.12. The molecule has 1 fully saturated rings. The lowest BCUT2D eigenvalue weighted by Gasteiger charge is -2.17. The van der Waals surface area contributed by atoms with Gasteiger partial charge in [-0.25, -0.2) is 9.50 Å². The fraction of sp³-hybridized carbons (Fsp3) is 0.571. The molecule has 3 rings (SSSR count). The lowest BCUT2D eigenvalue weighted by molar-refractivity contribution is 0.238. The van der Waals surface area contributed by atoms with Gasteiger partial charge in [0.2, 0.25) is 0 Å². The zero-order valence-corrected chi connectivity index (χ0v) is 11.5. The van der Waals surface area contributed by atoms with E-state index in [1.54, 1.807) is 6.20 Å². The highest BCUT2D eigenvalue weighted by Crippen LogP contribution is 2.27. The van der Waals surface area contributed by atoms with Crippen molar-refractivity contribution in [1.82, 2.24) is 14.6 Å². The van der Waals surface area contributed by atoms with Crippen molar-refractivity contribution in [3.63, 3.8) is 0 Å². The molecule has 2 aromatic rings. The van der Waals surface area contributed by atoms with E-state index in [0.717, 1.165) is 36.5 Å². The lowest BCUT2D eigenvalue weighted by Crippen LogP contribution is -2.22. The largest absolute Gasteiger partial charge is 0.396 e. The van der Waals surface area contributed by atoms with Crippen LogP contribution < -0.4 is 4.90 Å². The maximum atomic E-state index is 9.26. The average molecular weight is 260 g/mol. The van der Waals surface area contributed by atoms with E-state index in [9.17, 15) is 5.11 Å². The van der Waals surface area contributed by atoms with Gasteiger partial charge in [-0.1, -0.05) is 13.8 Å². The quantitative estimate of drug-likeness (QED) is 0.912. The van der Waals surface area contributed by atoms with E-state index >= 15 is 0 Å². The summed E-state index contributed by atoms with van der Waals surface area (Å²) in [6.45, 7) is 6.39. The molecule has 0 aromatic carbocycles. The van der Waals surface area contributed by atoms with Crippen LogP contribution >= 0.6 is 0 Å². The van der Waals surface area contributed by atoms with Crippen LogP contribution in [0.4, 0.5) is 5.82 Å². The standard InChI is InChI=1S/C14H20N4O/c1-10(2)12-7-13-14(15-4-6-18(13)16-12)17-5-3-11(8-17)9-19/h4,6-7,10-11,19H,3,5,8-9H2,1-2H3. The highest BCUT2D eigenvalue weighted by atomic mass is 16.3. The molecule has 1 aliphatic heterocycles. The molecular weight excluding hydrogens is 240 g/mol. The van der Waals surface area contributed by atoms with Crippen LogP contribution in [0, 0.1) is 5.92 Å². The highest BCUT2D eigenvalue weighted by molar-refractivity contribution is 5.69. The lowest BCUT2D eigenvalue weighted by atomic mass is 10.1. The molecule has 0 bridgehead atoms. The minimum Gasteiger partial charge on any atom is -0.396 e. The van der Waals surface area contributed by atoms with Crippen LogP contribution in [-0.4, -0.2) is 39.4 Å². The van der Waals surface area contributed by atoms with Gasteiger partial charge in [-0.2, -0.15) is 5.10 Å². The molecule has 102 valence electrons. The van der Waals surface area contributed by atoms with Crippen molar-refractivity contribution in [2.75, 3.05) is 24.6 Å². The van der Waals surface area contributed by atoms with Crippen LogP contribution in [-0.2, 0) is 0 Å². The summed E-state index contributed by atoms with van der Waals surface area (Å²) >= 11 is 0. The molecule has 0 saturated carbocycles. The topological polar surface area (TPSA) is 53.7 Å². The van der Waals surface area contributed by atoms with E-state index in [-0.39, 0.29) is 6.61 Å². The molecule has 0 aliphatic carbocycles. The summed E-state index contributed by atoms with van der Waals surface area (Å²) in [7, 11) is 0. The Morgan fingerprint density at radius 1 is 1.47 bits per heavy atom. The molecule has 0 amide bonds. The number of nitrogens with zero attached hydrogens (tertiary/aromatic N) is 4. The highest BCUT2D eigenvalue weighted by Gasteiger charge is 2.24. The molecule has 5 heteroatoms. The average Bonchev–Trinajstić information content (AvgIpc) is 3.04. The Morgan fingerprint density at radius 2 is 2.32 bits per heavy atom. The van der Waals surface area contributed by atoms with Crippen LogP contribution in [0.2, 0.25) is 0 Å². The first-order valence-electron chi connectivity index (χ1n) is 6.89. The minimum atomic E-state index is 0.260. The number of anilines is 1. The van der Waals surface area contributed by atoms with Gasteiger partial charge in [0.25, 0.3) is 0 Å². The molecule has 19 heavy (non-hydrogen) atoms. The van der Waals surface area contributed by atoms with Crippen molar-refractivity contribution in [3.05, 3.63) is 24.2 Å². The third-order valence-corrected chi connectivity index (χ3v) is 3.82. The van der Waals surface area contributed by atoms with Crippen LogP contribution in [0.3, 0.4) is 0 Å². The smallest absolute Gasteiger partial charge is 0.154 e. The Morgan fingerprint density at radius 3 is 3.00 bits per heavy atom. The molecule has 0 radical (unpaired) electrons. The van der Waals surface area contributed by atoms with Crippen molar-refractivity contribution in [3.8, 4) is 0 Å². The first kappa shape index (κ1) is 12.4. The number of hydrogen-bond acceptors (Lipinski definition) is 4. The number of aromatic nitrogens is 3. The van der Waals surface area contributed by atoms with E-state index in [2.05, 4.69) is 34.9 Å². The molecule has 2 aromatic heterocycles. The number of aliphatic hydroxyl groups is 1. The monoisotopic (exact) mass is 260 g/mol. The van der Waals surface area contributed by atoms with Gasteiger partial charge < -0.3 is 10.0 Å². The number of aliphatic hydroxyl groups excluding tert-OH is 1. The molecule has 0 spiro atoms. The van der Waals surface area contributed by atoms with Crippen LogP contribution in [0.25, 0.3) is 5.52 Å². The predicted octanol–water partition coefficient (Wildman–Crippen LogP) is 1.67. The Kier molecular flexibility index (Phi) is 3.14. The van der Waals surface area contributed by atoms with Gasteiger partial charge >= 0.3 is 0 Å². The maximum absolute atomic E-state index is 9.26. The molecule has 1 N–H and O–H groups in total. The van der Waals surface area contributed by atoms with Gasteiger partial charge in [-0.3, -0.25) is 0 Å². The predicted molar refractivity (Wildman–Crippen MR) is 74.5 cm³/mol. The molecule has 3 heterocycles. The van der Waals surface area contributed by atoms with Gasteiger partial charge in [0.1, 0.15) is 5.52 Å². The molecule has 1 unspecified atom stereocenters. The second-order valence-corrected chi connectivity index (χ2v) is 5.59. The fourth-order valence-electron chi connectivity index (χ4n) is 2.63. The Bertz CT molecular complexity index is 578. The van der Waals surface area contributed by atoms with Crippen LogP contribution in [0.1, 0.15) is 31.9 Å². The van der Waals surface area contributed by atoms with Gasteiger partial charge in [0, 0.05) is 38.0 Å². The first-order chi connectivity index (χ1) is 9.19. The summed E-state index contributed by atoms with van der Waals surface area (Å²) in [5.74, 6) is 1.77. The van der Waals surface area contributed by atoms with E-state index in [1.807, 2.05) is 10.7 Å². The van der Waals surface area contributed by atoms with Crippen molar-refractivity contribution < 1.29 is 5.11 Å². The minimum absolute atomic E-state index is 0.260. The molecule has 5 nitrogen and oxygen atoms in total. The van der Waals surface area contributed by atoms with Crippen molar-refractivity contribution in [2.24, 2.45) is 5.92 Å². The number of hydrogen-bond donors (Lipinski definition) is 1. The fourth-order valence-corrected chi connectivity index (χ4v) is 2.63. The normalized spacial score (nSPS) is 19.8. The van der Waals surface area contributed by atoms with E-state index in [4.69, 9.17) is 0 Å². The number of rotatable bonds is 3. The summed E-state index contributed by atoms with van der Waals surface area (Å²) in [5.41, 5.74) is 2.15. The van der Waals surface area contributed by atoms with E-state index in [1.165, 1.54) is 0 Å². The second kappa shape index (κ2) is 4.81. The van der Waals surface area contributed by atoms with Gasteiger partial charge in [-0.15, -0.1) is 0 Å². The van der Waals surface area contributed by atoms with E-state index in [0.29, 0.717) is 11.8 Å². The third kappa shape index (κ3) is 2.18. The second-order valence-electron chi connectivity index (χ2n) is 5.59. The van der Waals surface area contributed by atoms with E-state index < -0.39 is 0 Å². The van der Waals surface area contributed by atoms with Crippen molar-refractivity contribution in [1.29, 1.82) is 0 Å². The molecule has 1 saturated heterocycles. The Labute approximate surface area is 112 Å². The molecule has 1 atom stereocenters. The summed E-state index contributed by atoms with van der Waals surface area (Å²) < 4.78 is 1.91. The maximum Gasteiger partial charge on any atom is 0.154 e. The zero-order valence-electron chi connectivity index (χ0n) is 11.5. The van der Waals surface area contributed by atoms with Gasteiger partial charge in [-0.05, 0) is 18.4 Å². The van der Waals surface area contributed by atoms with Crippen LogP contribution in [0.15, 0.2) is 18.5 Å². The zero-order chi connectivity index (χ0) is 13.4. The van der Waals surface area contributed by atoms with Gasteiger partial charge in [0.15, 0.2) is 5.82 Å². The van der Waals surface area contributed by atoms with Crippen molar-refractivity contribution in [2.45, 2.75) is 26.2 Å². The SMILES string of the molecule is CC(C)c1cc2c(N3CCC(CO)C3)nccn2n1. The molecule has 1 aliphatic rings. The van der Waals surface area contributed by atoms with Crippen LogP contribution in [0.5, 0.6) is 0 Å². The summed E-state index contributed by atoms with van der Waals surface area (Å²) in [5, 5.41) is 13.8. The first-order valence-corrected chi connectivity index (χ1v) is 6.89. The Hall–Kier alpha value is -1.62. The van der Waals surface area contributed by atoms with Crippen molar-refractivity contribution >= 4 is 11.3 Å². The third-order valence-electron chi connectivity index (χ3n) is 3.82. The summed E-state index contributed by atoms with van der Waals surface area (Å²) in [6.07, 6.45) is 4.72. The van der Waals surface area contributed by atoms with Gasteiger partial charge in [0.05, 0.1) is 5.69 Å². The Balaban J connectivity index is 1.99. The summed E-state index contributed by atoms with van der Waals surface area (Å²) in [4.78, 5) is 6.77. The molecular formula is C14H20N4O.